The topological polar surface area (TPSA) is 57.5 Å². The van der Waals surface area contributed by atoms with Gasteiger partial charge in [-0.1, -0.05) is 0 Å². The van der Waals surface area contributed by atoms with Crippen molar-refractivity contribution in [1.29, 1.82) is 0 Å². The van der Waals surface area contributed by atoms with Crippen LogP contribution in [0.15, 0.2) is 42.9 Å². The molecule has 4 rings (SSSR count). The molecule has 1 fully saturated rings. The number of rotatable bonds is 2. The van der Waals surface area contributed by atoms with E-state index in [1.54, 1.807) is 35.3 Å². The van der Waals surface area contributed by atoms with E-state index in [9.17, 15) is 9.18 Å². The van der Waals surface area contributed by atoms with Gasteiger partial charge in [-0.15, -0.1) is 0 Å². The van der Waals surface area contributed by atoms with Gasteiger partial charge in [0.05, 0.1) is 5.52 Å². The van der Waals surface area contributed by atoms with Crippen molar-refractivity contribution >= 4 is 28.6 Å². The molecule has 0 atom stereocenters. The molecule has 0 spiro atoms. The summed E-state index contributed by atoms with van der Waals surface area (Å²) in [5.74, 6) is 1.34. The number of halogens is 1. The number of amides is 1. The molecule has 3 heterocycles. The lowest BCUT2D eigenvalue weighted by molar-refractivity contribution is 0.197. The molecule has 2 aromatic heterocycles. The summed E-state index contributed by atoms with van der Waals surface area (Å²) >= 11 is 0. The number of benzene rings is 1. The predicted molar refractivity (Wildman–Crippen MR) is 103 cm³/mol. The maximum atomic E-state index is 13.4. The molecule has 0 radical (unpaired) electrons. The summed E-state index contributed by atoms with van der Waals surface area (Å²) in [6.45, 7) is 2.53. The van der Waals surface area contributed by atoms with E-state index in [4.69, 9.17) is 0 Å². The monoisotopic (exact) mass is 368 g/mol. The molecular formula is C19H21FN6O. The van der Waals surface area contributed by atoms with Crippen LogP contribution in [0.2, 0.25) is 0 Å². The van der Waals surface area contributed by atoms with Crippen LogP contribution < -0.4 is 9.80 Å². The van der Waals surface area contributed by atoms with E-state index in [1.807, 2.05) is 23.9 Å². The smallest absolute Gasteiger partial charge is 0.328 e. The van der Waals surface area contributed by atoms with E-state index in [0.717, 1.165) is 17.0 Å². The highest BCUT2D eigenvalue weighted by Gasteiger charge is 2.25. The van der Waals surface area contributed by atoms with Crippen LogP contribution in [-0.4, -0.2) is 65.7 Å². The Morgan fingerprint density at radius 2 is 1.81 bits per heavy atom. The minimum absolute atomic E-state index is 0.0942. The number of anilines is 2. The third kappa shape index (κ3) is 3.18. The molecule has 140 valence electrons. The molecule has 1 aromatic carbocycles. The lowest BCUT2D eigenvalue weighted by atomic mass is 10.2. The lowest BCUT2D eigenvalue weighted by Gasteiger charge is -2.36. The maximum absolute atomic E-state index is 13.4. The summed E-state index contributed by atoms with van der Waals surface area (Å²) in [7, 11) is 3.88. The third-order valence-corrected chi connectivity index (χ3v) is 4.79. The Bertz CT molecular complexity index is 977. The van der Waals surface area contributed by atoms with E-state index in [-0.39, 0.29) is 11.8 Å². The Balaban J connectivity index is 1.50. The summed E-state index contributed by atoms with van der Waals surface area (Å²) in [6.07, 6.45) is 5.06. The van der Waals surface area contributed by atoms with Gasteiger partial charge in [0.25, 0.3) is 0 Å². The fourth-order valence-electron chi connectivity index (χ4n) is 3.40. The van der Waals surface area contributed by atoms with Gasteiger partial charge in [-0.05, 0) is 24.3 Å². The zero-order chi connectivity index (χ0) is 19.0. The largest absolute Gasteiger partial charge is 0.360 e. The molecule has 1 aliphatic rings. The molecule has 0 unspecified atom stereocenters. The Labute approximate surface area is 156 Å². The molecule has 0 aliphatic carbocycles. The van der Waals surface area contributed by atoms with Crippen molar-refractivity contribution in [2.24, 2.45) is 0 Å². The van der Waals surface area contributed by atoms with Gasteiger partial charge in [-0.3, -0.25) is 4.57 Å². The van der Waals surface area contributed by atoms with Gasteiger partial charge in [-0.25, -0.2) is 19.2 Å². The van der Waals surface area contributed by atoms with E-state index >= 15 is 0 Å². The first-order chi connectivity index (χ1) is 13.0. The summed E-state index contributed by atoms with van der Waals surface area (Å²) in [5, 5.41) is 0.720. The van der Waals surface area contributed by atoms with Crippen molar-refractivity contribution in [2.75, 3.05) is 50.1 Å². The highest BCUT2D eigenvalue weighted by Crippen LogP contribution is 2.24. The zero-order valence-corrected chi connectivity index (χ0v) is 15.3. The minimum Gasteiger partial charge on any atom is -0.360 e. The molecule has 1 saturated heterocycles. The van der Waals surface area contributed by atoms with Crippen LogP contribution in [0.3, 0.4) is 0 Å². The van der Waals surface area contributed by atoms with Crippen LogP contribution in [-0.2, 0) is 0 Å². The molecule has 8 heteroatoms. The number of hydrogen-bond acceptors (Lipinski definition) is 5. The van der Waals surface area contributed by atoms with Gasteiger partial charge in [0.2, 0.25) is 0 Å². The van der Waals surface area contributed by atoms with Crippen LogP contribution in [0.25, 0.3) is 10.9 Å². The Kier molecular flexibility index (Phi) is 4.39. The van der Waals surface area contributed by atoms with Gasteiger partial charge < -0.3 is 14.7 Å². The van der Waals surface area contributed by atoms with Gasteiger partial charge in [0.15, 0.2) is 11.6 Å². The molecule has 3 aromatic rings. The SMILES string of the molecule is CN(C)c1nccnc1N1CCN(C(=O)n2ccc3cc(F)ccc32)CC1. The minimum atomic E-state index is -0.304. The summed E-state index contributed by atoms with van der Waals surface area (Å²) in [5.41, 5.74) is 0.715. The Hall–Kier alpha value is -3.16. The molecule has 7 nitrogen and oxygen atoms in total. The number of hydrogen-bond donors (Lipinski definition) is 0. The number of fused-ring (bicyclic) bond motifs is 1. The summed E-state index contributed by atoms with van der Waals surface area (Å²) in [4.78, 5) is 27.7. The van der Waals surface area contributed by atoms with Crippen molar-refractivity contribution in [2.45, 2.75) is 0 Å². The van der Waals surface area contributed by atoms with Crippen LogP contribution >= 0.6 is 0 Å². The van der Waals surface area contributed by atoms with Gasteiger partial charge in [0, 0.05) is 64.3 Å². The van der Waals surface area contributed by atoms with Gasteiger partial charge in [-0.2, -0.15) is 0 Å². The molecule has 1 amide bonds. The van der Waals surface area contributed by atoms with Gasteiger partial charge in [0.1, 0.15) is 5.82 Å². The van der Waals surface area contributed by atoms with E-state index in [1.165, 1.54) is 12.1 Å². The number of carbonyl (C=O) groups excluding carboxylic acids is 1. The normalized spacial score (nSPS) is 14.6. The second-order valence-electron chi connectivity index (χ2n) is 6.74. The van der Waals surface area contributed by atoms with Crippen molar-refractivity contribution in [3.63, 3.8) is 0 Å². The number of aromatic nitrogens is 3. The highest BCUT2D eigenvalue weighted by molar-refractivity contribution is 5.91. The first-order valence-corrected chi connectivity index (χ1v) is 8.84. The zero-order valence-electron chi connectivity index (χ0n) is 15.3. The van der Waals surface area contributed by atoms with Crippen LogP contribution in [0.4, 0.5) is 20.8 Å². The van der Waals surface area contributed by atoms with Gasteiger partial charge >= 0.3 is 6.03 Å². The first kappa shape index (κ1) is 17.3. The number of carbonyl (C=O) groups is 1. The van der Waals surface area contributed by atoms with Crippen LogP contribution in [0.5, 0.6) is 0 Å². The third-order valence-electron chi connectivity index (χ3n) is 4.79. The van der Waals surface area contributed by atoms with E-state index < -0.39 is 0 Å². The fourth-order valence-corrected chi connectivity index (χ4v) is 3.40. The number of piperazine rings is 1. The van der Waals surface area contributed by atoms with E-state index in [2.05, 4.69) is 14.9 Å². The van der Waals surface area contributed by atoms with Crippen molar-refractivity contribution in [1.82, 2.24) is 19.4 Å². The molecule has 0 bridgehead atoms. The van der Waals surface area contributed by atoms with Crippen LogP contribution in [0, 0.1) is 5.82 Å². The second-order valence-corrected chi connectivity index (χ2v) is 6.74. The van der Waals surface area contributed by atoms with Crippen molar-refractivity contribution in [3.05, 3.63) is 48.7 Å². The molecule has 0 saturated carbocycles. The summed E-state index contributed by atoms with van der Waals surface area (Å²) in [6, 6.07) is 6.12. The lowest BCUT2D eigenvalue weighted by Crippen LogP contribution is -2.50. The quantitative estimate of drug-likeness (QED) is 0.695. The van der Waals surface area contributed by atoms with Crippen molar-refractivity contribution in [3.8, 4) is 0 Å². The first-order valence-electron chi connectivity index (χ1n) is 8.84. The molecule has 0 N–H and O–H groups in total. The second kappa shape index (κ2) is 6.86. The standard InChI is InChI=1S/C19H21FN6O/c1-23(2)17-18(22-7-6-21-17)24-9-11-25(12-10-24)19(27)26-8-5-14-13-15(20)3-4-16(14)26/h3-8,13H,9-12H2,1-2H3. The molecule has 1 aliphatic heterocycles. The fraction of sp³-hybridized carbons (Fsp3) is 0.316. The summed E-state index contributed by atoms with van der Waals surface area (Å²) < 4.78 is 15.0. The maximum Gasteiger partial charge on any atom is 0.328 e. The number of nitrogens with zero attached hydrogens (tertiary/aromatic N) is 6. The van der Waals surface area contributed by atoms with Crippen molar-refractivity contribution < 1.29 is 9.18 Å². The Morgan fingerprint density at radius 3 is 2.56 bits per heavy atom. The van der Waals surface area contributed by atoms with E-state index in [0.29, 0.717) is 31.7 Å². The Morgan fingerprint density at radius 1 is 1.07 bits per heavy atom. The van der Waals surface area contributed by atoms with Crippen LogP contribution in [0.1, 0.15) is 0 Å². The molecular weight excluding hydrogens is 347 g/mol. The highest BCUT2D eigenvalue weighted by atomic mass is 19.1. The average Bonchev–Trinajstić information content (AvgIpc) is 3.10. The average molecular weight is 368 g/mol. The molecule has 27 heavy (non-hydrogen) atoms. The predicted octanol–water partition coefficient (Wildman–Crippen LogP) is 2.43.